The molecule has 2 N–H and O–H groups in total. The van der Waals surface area contributed by atoms with E-state index in [1.54, 1.807) is 0 Å². The maximum Gasteiger partial charge on any atom is 0.165 e. The van der Waals surface area contributed by atoms with E-state index in [9.17, 15) is 0 Å². The smallest absolute Gasteiger partial charge is 0.165 e. The Morgan fingerprint density at radius 3 is 2.62 bits per heavy atom. The number of nitrogen functional groups attached to an aromatic ring is 1. The fourth-order valence-corrected chi connectivity index (χ4v) is 1.91. The van der Waals surface area contributed by atoms with E-state index in [1.165, 1.54) is 5.56 Å². The summed E-state index contributed by atoms with van der Waals surface area (Å²) in [6.07, 6.45) is 0. The molecule has 0 amide bonds. The first-order valence-corrected chi connectivity index (χ1v) is 5.67. The number of nitrogens with zero attached hydrogens (tertiary/aromatic N) is 1. The van der Waals surface area contributed by atoms with Crippen LogP contribution in [0.25, 0.3) is 0 Å². The molecule has 0 radical (unpaired) electrons. The largest absolute Gasteiger partial charge is 0.487 e. The zero-order valence-corrected chi connectivity index (χ0v) is 10.5. The number of hydrogen-bond donors (Lipinski definition) is 1. The molecule has 0 unspecified atom stereocenters. The number of nitrogens with two attached hydrogens (primary N) is 1. The SMILES string of the molecule is CN1CCOc2c(N)cc(C(C)(C)C)cc21. The number of likely N-dealkylation sites (N-methyl/N-ethyl adjacent to an activating group) is 1. The number of rotatable bonds is 0. The third-order valence-electron chi connectivity index (χ3n) is 3.05. The molecule has 0 saturated carbocycles. The molecular formula is C13H20N2O. The summed E-state index contributed by atoms with van der Waals surface area (Å²) in [7, 11) is 2.08. The topological polar surface area (TPSA) is 38.5 Å². The summed E-state index contributed by atoms with van der Waals surface area (Å²) < 4.78 is 5.63. The van der Waals surface area contributed by atoms with E-state index < -0.39 is 0 Å². The summed E-state index contributed by atoms with van der Waals surface area (Å²) >= 11 is 0. The molecule has 0 fully saturated rings. The predicted octanol–water partition coefficient (Wildman–Crippen LogP) is 2.39. The van der Waals surface area contributed by atoms with Crippen LogP contribution in [0.2, 0.25) is 0 Å². The first-order chi connectivity index (χ1) is 7.39. The molecule has 1 aromatic rings. The van der Waals surface area contributed by atoms with Crippen LogP contribution in [0.15, 0.2) is 12.1 Å². The van der Waals surface area contributed by atoms with Crippen molar-refractivity contribution in [3.63, 3.8) is 0 Å². The fourth-order valence-electron chi connectivity index (χ4n) is 1.91. The highest BCUT2D eigenvalue weighted by Gasteiger charge is 2.22. The van der Waals surface area contributed by atoms with E-state index in [2.05, 4.69) is 38.8 Å². The number of anilines is 2. The van der Waals surface area contributed by atoms with Crippen LogP contribution in [-0.2, 0) is 5.41 Å². The minimum absolute atomic E-state index is 0.113. The van der Waals surface area contributed by atoms with Crippen LogP contribution >= 0.6 is 0 Å². The molecule has 1 aromatic carbocycles. The van der Waals surface area contributed by atoms with Crippen molar-refractivity contribution in [1.82, 2.24) is 0 Å². The molecule has 0 aliphatic carbocycles. The van der Waals surface area contributed by atoms with Crippen LogP contribution < -0.4 is 15.4 Å². The number of benzene rings is 1. The van der Waals surface area contributed by atoms with E-state index in [-0.39, 0.29) is 5.41 Å². The van der Waals surface area contributed by atoms with Gasteiger partial charge in [0.05, 0.1) is 17.9 Å². The molecule has 0 aromatic heterocycles. The Labute approximate surface area is 97.2 Å². The average Bonchev–Trinajstić information content (AvgIpc) is 2.18. The van der Waals surface area contributed by atoms with Crippen LogP contribution in [0, 0.1) is 0 Å². The lowest BCUT2D eigenvalue weighted by atomic mass is 9.86. The first-order valence-electron chi connectivity index (χ1n) is 5.67. The minimum Gasteiger partial charge on any atom is -0.487 e. The highest BCUT2D eigenvalue weighted by Crippen LogP contribution is 2.40. The van der Waals surface area contributed by atoms with Crippen molar-refractivity contribution in [3.8, 4) is 5.75 Å². The van der Waals surface area contributed by atoms with E-state index in [0.29, 0.717) is 6.61 Å². The molecule has 1 heterocycles. The molecular weight excluding hydrogens is 200 g/mol. The van der Waals surface area contributed by atoms with Crippen molar-refractivity contribution >= 4 is 11.4 Å². The molecule has 1 aliphatic heterocycles. The maximum atomic E-state index is 6.05. The Hall–Kier alpha value is -1.38. The van der Waals surface area contributed by atoms with Crippen molar-refractivity contribution in [2.45, 2.75) is 26.2 Å². The highest BCUT2D eigenvalue weighted by atomic mass is 16.5. The highest BCUT2D eigenvalue weighted by molar-refractivity contribution is 5.73. The Kier molecular flexibility index (Phi) is 2.49. The van der Waals surface area contributed by atoms with Crippen LogP contribution in [0.1, 0.15) is 26.3 Å². The summed E-state index contributed by atoms with van der Waals surface area (Å²) in [5.74, 6) is 0.835. The van der Waals surface area contributed by atoms with E-state index >= 15 is 0 Å². The van der Waals surface area contributed by atoms with Crippen LogP contribution in [0.3, 0.4) is 0 Å². The molecule has 16 heavy (non-hydrogen) atoms. The lowest BCUT2D eigenvalue weighted by Gasteiger charge is -2.31. The lowest BCUT2D eigenvalue weighted by molar-refractivity contribution is 0.313. The first kappa shape index (κ1) is 11.1. The van der Waals surface area contributed by atoms with Gasteiger partial charge in [-0.15, -0.1) is 0 Å². The third-order valence-corrected chi connectivity index (χ3v) is 3.05. The molecule has 3 heteroatoms. The van der Waals surface area contributed by atoms with Gasteiger partial charge in [0.25, 0.3) is 0 Å². The summed E-state index contributed by atoms with van der Waals surface area (Å²) in [6.45, 7) is 8.20. The average molecular weight is 220 g/mol. The minimum atomic E-state index is 0.113. The van der Waals surface area contributed by atoms with Crippen LogP contribution in [0.5, 0.6) is 5.75 Å². The lowest BCUT2D eigenvalue weighted by Crippen LogP contribution is -2.30. The monoisotopic (exact) mass is 220 g/mol. The molecule has 3 nitrogen and oxygen atoms in total. The van der Waals surface area contributed by atoms with Crippen LogP contribution in [-0.4, -0.2) is 20.2 Å². The van der Waals surface area contributed by atoms with Crippen LogP contribution in [0.4, 0.5) is 11.4 Å². The van der Waals surface area contributed by atoms with Crippen molar-refractivity contribution in [2.24, 2.45) is 0 Å². The molecule has 0 spiro atoms. The van der Waals surface area contributed by atoms with Gasteiger partial charge in [-0.25, -0.2) is 0 Å². The van der Waals surface area contributed by atoms with Gasteiger partial charge in [0.2, 0.25) is 0 Å². The van der Waals surface area contributed by atoms with Crippen molar-refractivity contribution in [1.29, 1.82) is 0 Å². The predicted molar refractivity (Wildman–Crippen MR) is 68.3 cm³/mol. The standard InChI is InChI=1S/C13H20N2O/c1-13(2,3)9-7-10(14)12-11(8-9)15(4)5-6-16-12/h7-8H,5-6,14H2,1-4H3. The molecule has 0 saturated heterocycles. The Balaban J connectivity index is 2.55. The molecule has 1 aliphatic rings. The molecule has 2 rings (SSSR count). The normalized spacial score (nSPS) is 15.6. The number of ether oxygens (including phenoxy) is 1. The van der Waals surface area contributed by atoms with Gasteiger partial charge in [-0.1, -0.05) is 20.8 Å². The van der Waals surface area contributed by atoms with Gasteiger partial charge in [0.1, 0.15) is 6.61 Å². The van der Waals surface area contributed by atoms with Gasteiger partial charge < -0.3 is 15.4 Å². The molecule has 0 atom stereocenters. The van der Waals surface area contributed by atoms with Crippen molar-refractivity contribution in [3.05, 3.63) is 17.7 Å². The van der Waals surface area contributed by atoms with Crippen molar-refractivity contribution in [2.75, 3.05) is 30.8 Å². The van der Waals surface area contributed by atoms with Gasteiger partial charge in [0, 0.05) is 7.05 Å². The van der Waals surface area contributed by atoms with E-state index in [0.717, 1.165) is 23.7 Å². The van der Waals surface area contributed by atoms with Gasteiger partial charge in [0.15, 0.2) is 5.75 Å². The molecule has 0 bridgehead atoms. The van der Waals surface area contributed by atoms with Crippen molar-refractivity contribution < 1.29 is 4.74 Å². The summed E-state index contributed by atoms with van der Waals surface area (Å²) in [5, 5.41) is 0. The summed E-state index contributed by atoms with van der Waals surface area (Å²) in [4.78, 5) is 2.20. The Morgan fingerprint density at radius 1 is 1.31 bits per heavy atom. The molecule has 88 valence electrons. The van der Waals surface area contributed by atoms with Gasteiger partial charge in [-0.3, -0.25) is 0 Å². The number of hydrogen-bond acceptors (Lipinski definition) is 3. The van der Waals surface area contributed by atoms with E-state index in [1.807, 2.05) is 6.07 Å². The van der Waals surface area contributed by atoms with E-state index in [4.69, 9.17) is 10.5 Å². The quantitative estimate of drug-likeness (QED) is 0.682. The Morgan fingerprint density at radius 2 is 2.00 bits per heavy atom. The number of fused-ring (bicyclic) bond motifs is 1. The second-order valence-electron chi connectivity index (χ2n) is 5.43. The zero-order chi connectivity index (χ0) is 11.9. The maximum absolute atomic E-state index is 6.05. The van der Waals surface area contributed by atoms with Gasteiger partial charge in [-0.2, -0.15) is 0 Å². The summed E-state index contributed by atoms with van der Waals surface area (Å²) in [6, 6.07) is 4.21. The third kappa shape index (κ3) is 1.82. The van der Waals surface area contributed by atoms with Gasteiger partial charge >= 0.3 is 0 Å². The second-order valence-corrected chi connectivity index (χ2v) is 5.43. The van der Waals surface area contributed by atoms with Gasteiger partial charge in [-0.05, 0) is 23.1 Å². The zero-order valence-electron chi connectivity index (χ0n) is 10.5. The second kappa shape index (κ2) is 3.58. The Bertz CT molecular complexity index is 407. The summed E-state index contributed by atoms with van der Waals surface area (Å²) in [5.41, 5.74) is 9.26. The fraction of sp³-hybridized carbons (Fsp3) is 0.538.